The van der Waals surface area contributed by atoms with Gasteiger partial charge in [0.15, 0.2) is 0 Å². The van der Waals surface area contributed by atoms with Crippen LogP contribution < -0.4 is 10.6 Å². The van der Waals surface area contributed by atoms with Crippen molar-refractivity contribution in [1.29, 1.82) is 5.41 Å². The molecule has 0 fully saturated rings. The van der Waals surface area contributed by atoms with Crippen molar-refractivity contribution in [2.24, 2.45) is 5.73 Å². The normalized spacial score (nSPS) is 10.3. The zero-order valence-electron chi connectivity index (χ0n) is 11.7. The molecular formula is C16H18FN3. The van der Waals surface area contributed by atoms with E-state index in [1.807, 2.05) is 38.2 Å². The molecule has 0 aliphatic rings. The summed E-state index contributed by atoms with van der Waals surface area (Å²) >= 11 is 0. The maximum Gasteiger partial charge on any atom is 0.123 e. The lowest BCUT2D eigenvalue weighted by atomic mass is 10.1. The van der Waals surface area contributed by atoms with Crippen molar-refractivity contribution in [1.82, 2.24) is 0 Å². The molecule has 104 valence electrons. The van der Waals surface area contributed by atoms with Crippen LogP contribution in [0, 0.1) is 18.2 Å². The summed E-state index contributed by atoms with van der Waals surface area (Å²) in [5.74, 6) is -0.491. The monoisotopic (exact) mass is 271 g/mol. The quantitative estimate of drug-likeness (QED) is 0.663. The molecule has 0 bridgehead atoms. The number of halogens is 1. The van der Waals surface area contributed by atoms with E-state index in [-0.39, 0.29) is 11.7 Å². The maximum atomic E-state index is 13.3. The minimum absolute atomic E-state index is 0.113. The molecule has 2 aromatic carbocycles. The van der Waals surface area contributed by atoms with E-state index in [1.54, 1.807) is 6.07 Å². The Morgan fingerprint density at radius 3 is 2.60 bits per heavy atom. The van der Waals surface area contributed by atoms with Gasteiger partial charge in [-0.2, -0.15) is 0 Å². The average molecular weight is 271 g/mol. The van der Waals surface area contributed by atoms with E-state index in [1.165, 1.54) is 17.7 Å². The highest BCUT2D eigenvalue weighted by atomic mass is 19.1. The smallest absolute Gasteiger partial charge is 0.123 e. The lowest BCUT2D eigenvalue weighted by Gasteiger charge is -2.22. The zero-order valence-corrected chi connectivity index (χ0v) is 11.7. The molecule has 0 spiro atoms. The molecule has 0 amide bonds. The minimum Gasteiger partial charge on any atom is -0.384 e. The molecule has 0 unspecified atom stereocenters. The Morgan fingerprint density at radius 2 is 1.95 bits per heavy atom. The van der Waals surface area contributed by atoms with Crippen molar-refractivity contribution >= 4 is 11.5 Å². The summed E-state index contributed by atoms with van der Waals surface area (Å²) in [6.07, 6.45) is 0. The summed E-state index contributed by atoms with van der Waals surface area (Å²) in [6, 6.07) is 12.4. The van der Waals surface area contributed by atoms with E-state index in [9.17, 15) is 4.39 Å². The highest BCUT2D eigenvalue weighted by molar-refractivity contribution is 5.96. The highest BCUT2D eigenvalue weighted by Gasteiger charge is 2.11. The second kappa shape index (κ2) is 5.74. The standard InChI is InChI=1S/C16H18FN3/c1-11-5-3-4-6-15(11)20(2)10-12-7-8-13(17)9-14(12)16(18)19/h3-9H,10H2,1-2H3,(H3,18,19). The highest BCUT2D eigenvalue weighted by Crippen LogP contribution is 2.21. The number of rotatable bonds is 4. The lowest BCUT2D eigenvalue weighted by Crippen LogP contribution is -2.21. The summed E-state index contributed by atoms with van der Waals surface area (Å²) in [5.41, 5.74) is 9.08. The van der Waals surface area contributed by atoms with Crippen LogP contribution in [0.5, 0.6) is 0 Å². The number of aryl methyl sites for hydroxylation is 1. The minimum atomic E-state index is -0.377. The third-order valence-corrected chi connectivity index (χ3v) is 3.30. The molecule has 2 rings (SSSR count). The summed E-state index contributed by atoms with van der Waals surface area (Å²) in [4.78, 5) is 2.06. The van der Waals surface area contributed by atoms with Crippen molar-refractivity contribution < 1.29 is 4.39 Å². The summed E-state index contributed by atoms with van der Waals surface area (Å²) in [5, 5.41) is 7.56. The fourth-order valence-corrected chi connectivity index (χ4v) is 2.27. The van der Waals surface area contributed by atoms with Crippen LogP contribution >= 0.6 is 0 Å². The molecule has 0 aromatic heterocycles. The summed E-state index contributed by atoms with van der Waals surface area (Å²) < 4.78 is 13.3. The molecular weight excluding hydrogens is 253 g/mol. The Balaban J connectivity index is 2.31. The molecule has 0 aliphatic carbocycles. The Kier molecular flexibility index (Phi) is 4.03. The molecule has 20 heavy (non-hydrogen) atoms. The number of nitrogens with two attached hydrogens (primary N) is 1. The predicted octanol–water partition coefficient (Wildman–Crippen LogP) is 3.05. The largest absolute Gasteiger partial charge is 0.384 e. The Bertz CT molecular complexity index is 637. The van der Waals surface area contributed by atoms with Gasteiger partial charge in [0.05, 0.1) is 0 Å². The van der Waals surface area contributed by atoms with Crippen molar-refractivity contribution in [2.75, 3.05) is 11.9 Å². The molecule has 0 radical (unpaired) electrons. The first kappa shape index (κ1) is 14.1. The van der Waals surface area contributed by atoms with Gasteiger partial charge in [0, 0.05) is 24.8 Å². The molecule has 0 atom stereocenters. The van der Waals surface area contributed by atoms with Crippen LogP contribution in [-0.2, 0) is 6.54 Å². The van der Waals surface area contributed by atoms with Gasteiger partial charge in [-0.25, -0.2) is 4.39 Å². The molecule has 0 heterocycles. The van der Waals surface area contributed by atoms with Gasteiger partial charge in [-0.1, -0.05) is 24.3 Å². The number of nitrogen functional groups attached to an aromatic ring is 1. The van der Waals surface area contributed by atoms with Crippen LogP contribution in [0.15, 0.2) is 42.5 Å². The maximum absolute atomic E-state index is 13.3. The van der Waals surface area contributed by atoms with Crippen LogP contribution in [0.1, 0.15) is 16.7 Å². The van der Waals surface area contributed by atoms with Crippen LogP contribution in [0.2, 0.25) is 0 Å². The van der Waals surface area contributed by atoms with E-state index in [0.29, 0.717) is 12.1 Å². The molecule has 0 saturated heterocycles. The van der Waals surface area contributed by atoms with Gasteiger partial charge >= 0.3 is 0 Å². The number of benzene rings is 2. The third kappa shape index (κ3) is 2.96. The second-order valence-electron chi connectivity index (χ2n) is 4.86. The van der Waals surface area contributed by atoms with Crippen molar-refractivity contribution in [3.8, 4) is 0 Å². The van der Waals surface area contributed by atoms with Crippen molar-refractivity contribution in [3.05, 3.63) is 65.0 Å². The van der Waals surface area contributed by atoms with E-state index < -0.39 is 0 Å². The van der Waals surface area contributed by atoms with Gasteiger partial charge in [0.1, 0.15) is 11.7 Å². The molecule has 3 N–H and O–H groups in total. The Hall–Kier alpha value is -2.36. The lowest BCUT2D eigenvalue weighted by molar-refractivity contribution is 0.626. The number of para-hydroxylation sites is 1. The van der Waals surface area contributed by atoms with Crippen LogP contribution in [0.4, 0.5) is 10.1 Å². The first-order valence-electron chi connectivity index (χ1n) is 6.38. The van der Waals surface area contributed by atoms with Crippen LogP contribution in [0.3, 0.4) is 0 Å². The molecule has 0 aliphatic heterocycles. The molecule has 2 aromatic rings. The number of hydrogen-bond acceptors (Lipinski definition) is 2. The van der Waals surface area contributed by atoms with Gasteiger partial charge in [0.25, 0.3) is 0 Å². The first-order valence-corrected chi connectivity index (χ1v) is 6.38. The van der Waals surface area contributed by atoms with Gasteiger partial charge in [0.2, 0.25) is 0 Å². The van der Waals surface area contributed by atoms with Crippen molar-refractivity contribution in [2.45, 2.75) is 13.5 Å². The van der Waals surface area contributed by atoms with E-state index in [0.717, 1.165) is 11.3 Å². The Labute approximate surface area is 118 Å². The molecule has 3 nitrogen and oxygen atoms in total. The number of nitrogens with one attached hydrogen (secondary N) is 1. The number of nitrogens with zero attached hydrogens (tertiary/aromatic N) is 1. The van der Waals surface area contributed by atoms with Crippen LogP contribution in [-0.4, -0.2) is 12.9 Å². The SMILES string of the molecule is Cc1ccccc1N(C)Cc1ccc(F)cc1C(=N)N. The molecule has 0 saturated carbocycles. The third-order valence-electron chi connectivity index (χ3n) is 3.30. The van der Waals surface area contributed by atoms with Gasteiger partial charge in [-0.3, -0.25) is 5.41 Å². The summed E-state index contributed by atoms with van der Waals surface area (Å²) in [7, 11) is 1.97. The van der Waals surface area contributed by atoms with E-state index >= 15 is 0 Å². The fraction of sp³-hybridized carbons (Fsp3) is 0.188. The fourth-order valence-electron chi connectivity index (χ4n) is 2.27. The van der Waals surface area contributed by atoms with Gasteiger partial charge in [-0.05, 0) is 36.2 Å². The first-order chi connectivity index (χ1) is 9.49. The Morgan fingerprint density at radius 1 is 1.25 bits per heavy atom. The number of hydrogen-bond donors (Lipinski definition) is 2. The zero-order chi connectivity index (χ0) is 14.7. The van der Waals surface area contributed by atoms with Gasteiger partial charge < -0.3 is 10.6 Å². The average Bonchev–Trinajstić information content (AvgIpc) is 2.41. The van der Waals surface area contributed by atoms with Crippen LogP contribution in [0.25, 0.3) is 0 Å². The van der Waals surface area contributed by atoms with Crippen molar-refractivity contribution in [3.63, 3.8) is 0 Å². The summed E-state index contributed by atoms with van der Waals surface area (Å²) in [6.45, 7) is 2.61. The number of anilines is 1. The van der Waals surface area contributed by atoms with Gasteiger partial charge in [-0.15, -0.1) is 0 Å². The van der Waals surface area contributed by atoms with E-state index in [4.69, 9.17) is 11.1 Å². The second-order valence-corrected chi connectivity index (χ2v) is 4.86. The number of amidine groups is 1. The molecule has 4 heteroatoms. The van der Waals surface area contributed by atoms with E-state index in [2.05, 4.69) is 4.90 Å². The predicted molar refractivity (Wildman–Crippen MR) is 80.7 cm³/mol. The topological polar surface area (TPSA) is 53.1 Å².